The van der Waals surface area contributed by atoms with Crippen LogP contribution < -0.4 is 14.8 Å². The molecule has 3 rings (SSSR count). The summed E-state index contributed by atoms with van der Waals surface area (Å²) in [5.74, 6) is 1.03. The van der Waals surface area contributed by atoms with E-state index >= 15 is 0 Å². The lowest BCUT2D eigenvalue weighted by molar-refractivity contribution is -0.120. The zero-order valence-electron chi connectivity index (χ0n) is 15.9. The molecule has 0 aliphatic rings. The molecule has 2 heterocycles. The molecule has 0 fully saturated rings. The van der Waals surface area contributed by atoms with Crippen LogP contribution in [0, 0.1) is 5.41 Å². The highest BCUT2D eigenvalue weighted by Crippen LogP contribution is 2.31. The molecule has 28 heavy (non-hydrogen) atoms. The maximum Gasteiger partial charge on any atom is 0.268 e. The van der Waals surface area contributed by atoms with Gasteiger partial charge in [0.05, 0.1) is 9.55 Å². The molecule has 0 radical (unpaired) electrons. The van der Waals surface area contributed by atoms with E-state index in [0.717, 1.165) is 0 Å². The Morgan fingerprint density at radius 2 is 1.89 bits per heavy atom. The summed E-state index contributed by atoms with van der Waals surface area (Å²) in [5, 5.41) is 1.08. The van der Waals surface area contributed by atoms with Gasteiger partial charge >= 0.3 is 0 Å². The lowest BCUT2D eigenvalue weighted by Crippen LogP contribution is -2.29. The average molecular weight is 436 g/mol. The van der Waals surface area contributed by atoms with Crippen LogP contribution in [0.4, 0.5) is 0 Å². The molecular weight excluding hydrogens is 417 g/mol. The van der Waals surface area contributed by atoms with Crippen LogP contribution >= 0.6 is 34.5 Å². The number of halogens is 2. The van der Waals surface area contributed by atoms with E-state index in [0.29, 0.717) is 36.3 Å². The molecule has 0 aliphatic heterocycles. The number of carbonyl (C=O) groups is 1. The van der Waals surface area contributed by atoms with Gasteiger partial charge in [-0.15, -0.1) is 11.3 Å². The second-order valence-corrected chi connectivity index (χ2v) is 9.30. The standard InChI is InChI=1S/C21H19Cl2NO3S/c1-21(2,3)18(25)11-19-24(4)20(26)17(28-19)10-13-6-8-16(27-13)14-9-12(22)5-7-15(14)23/h5-11H,1-4H3/b17-10+,19-11-. The molecule has 0 aliphatic carbocycles. The van der Waals surface area contributed by atoms with Crippen molar-refractivity contribution >= 4 is 52.5 Å². The lowest BCUT2D eigenvalue weighted by Gasteiger charge is -2.12. The SMILES string of the molecule is Cn1c(=O)/c(=C\c2ccc(-c3cc(Cl)ccc3Cl)o2)s/c1=C\C(=O)C(C)(C)C. The topological polar surface area (TPSA) is 52.2 Å². The van der Waals surface area contributed by atoms with Gasteiger partial charge in [0.15, 0.2) is 5.78 Å². The summed E-state index contributed by atoms with van der Waals surface area (Å²) in [6.07, 6.45) is 3.18. The number of ketones is 1. The molecule has 3 aromatic rings. The van der Waals surface area contributed by atoms with Crippen LogP contribution in [-0.2, 0) is 11.8 Å². The molecule has 4 nitrogen and oxygen atoms in total. The van der Waals surface area contributed by atoms with Crippen molar-refractivity contribution in [3.05, 3.63) is 65.7 Å². The highest BCUT2D eigenvalue weighted by Gasteiger charge is 2.19. The number of thiazole rings is 1. The monoisotopic (exact) mass is 435 g/mol. The van der Waals surface area contributed by atoms with E-state index in [9.17, 15) is 9.59 Å². The first-order chi connectivity index (χ1) is 13.1. The maximum atomic E-state index is 12.5. The molecule has 0 saturated heterocycles. The van der Waals surface area contributed by atoms with E-state index in [1.54, 1.807) is 43.5 Å². The fraction of sp³-hybridized carbons (Fsp3) is 0.238. The first-order valence-electron chi connectivity index (χ1n) is 8.55. The Hall–Kier alpha value is -2.08. The summed E-state index contributed by atoms with van der Waals surface area (Å²) in [4.78, 5) is 24.8. The third kappa shape index (κ3) is 4.32. The zero-order valence-corrected chi connectivity index (χ0v) is 18.2. The van der Waals surface area contributed by atoms with Crippen molar-refractivity contribution in [1.82, 2.24) is 4.57 Å². The van der Waals surface area contributed by atoms with E-state index in [2.05, 4.69) is 0 Å². The number of hydrogen-bond acceptors (Lipinski definition) is 4. The number of benzene rings is 1. The van der Waals surface area contributed by atoms with Crippen molar-refractivity contribution in [1.29, 1.82) is 0 Å². The van der Waals surface area contributed by atoms with Crippen molar-refractivity contribution in [2.24, 2.45) is 12.5 Å². The first-order valence-corrected chi connectivity index (χ1v) is 10.1. The van der Waals surface area contributed by atoms with Gasteiger partial charge in [-0.1, -0.05) is 44.0 Å². The zero-order chi connectivity index (χ0) is 20.6. The van der Waals surface area contributed by atoms with Crippen molar-refractivity contribution in [2.75, 3.05) is 0 Å². The van der Waals surface area contributed by atoms with Crippen LogP contribution in [0.15, 0.2) is 39.5 Å². The minimum atomic E-state index is -0.504. The molecule has 1 aromatic carbocycles. The van der Waals surface area contributed by atoms with Crippen molar-refractivity contribution in [2.45, 2.75) is 20.8 Å². The van der Waals surface area contributed by atoms with Gasteiger partial charge in [-0.2, -0.15) is 0 Å². The summed E-state index contributed by atoms with van der Waals surface area (Å²) < 4.78 is 8.38. The molecule has 0 unspecified atom stereocenters. The Labute approximate surface area is 176 Å². The van der Waals surface area contributed by atoms with Crippen LogP contribution in [0.3, 0.4) is 0 Å². The number of carbonyl (C=O) groups excluding carboxylic acids is 1. The largest absolute Gasteiger partial charge is 0.457 e. The summed E-state index contributed by atoms with van der Waals surface area (Å²) in [7, 11) is 1.65. The molecule has 0 spiro atoms. The quantitative estimate of drug-likeness (QED) is 0.617. The van der Waals surface area contributed by atoms with Crippen molar-refractivity contribution in [3.8, 4) is 11.3 Å². The Bertz CT molecular complexity index is 1230. The van der Waals surface area contributed by atoms with E-state index < -0.39 is 5.41 Å². The maximum absolute atomic E-state index is 12.5. The Morgan fingerprint density at radius 3 is 2.57 bits per heavy atom. The minimum absolute atomic E-state index is 0.0354. The number of furan rings is 1. The number of aromatic nitrogens is 1. The predicted octanol–water partition coefficient (Wildman–Crippen LogP) is 4.24. The minimum Gasteiger partial charge on any atom is -0.457 e. The molecule has 146 valence electrons. The van der Waals surface area contributed by atoms with Crippen molar-refractivity contribution < 1.29 is 9.21 Å². The Morgan fingerprint density at radius 1 is 1.18 bits per heavy atom. The van der Waals surface area contributed by atoms with Gasteiger partial charge in [0.25, 0.3) is 5.56 Å². The smallest absolute Gasteiger partial charge is 0.268 e. The van der Waals surface area contributed by atoms with Gasteiger partial charge in [-0.25, -0.2) is 0 Å². The molecule has 0 saturated carbocycles. The Kier molecular flexibility index (Phi) is 5.71. The van der Waals surface area contributed by atoms with Gasteiger partial charge in [0.2, 0.25) is 0 Å². The summed E-state index contributed by atoms with van der Waals surface area (Å²) in [6.45, 7) is 5.53. The van der Waals surface area contributed by atoms with Crippen molar-refractivity contribution in [3.63, 3.8) is 0 Å². The predicted molar refractivity (Wildman–Crippen MR) is 115 cm³/mol. The third-order valence-corrected chi connectivity index (χ3v) is 5.83. The van der Waals surface area contributed by atoms with E-state index in [1.807, 2.05) is 20.8 Å². The van der Waals surface area contributed by atoms with Crippen LogP contribution in [0.5, 0.6) is 0 Å². The van der Waals surface area contributed by atoms with E-state index in [4.69, 9.17) is 27.6 Å². The second kappa shape index (κ2) is 7.74. The van der Waals surface area contributed by atoms with Crippen LogP contribution in [0.2, 0.25) is 10.0 Å². The number of nitrogens with zero attached hydrogens (tertiary/aromatic N) is 1. The number of rotatable bonds is 3. The van der Waals surface area contributed by atoms with Gasteiger partial charge in [-0.3, -0.25) is 9.59 Å². The fourth-order valence-corrected chi connectivity index (χ4v) is 3.82. The van der Waals surface area contributed by atoms with Gasteiger partial charge in [0.1, 0.15) is 16.2 Å². The van der Waals surface area contributed by atoms with Crippen LogP contribution in [0.1, 0.15) is 26.5 Å². The molecule has 0 atom stereocenters. The molecule has 7 heteroatoms. The van der Waals surface area contributed by atoms with Gasteiger partial charge in [0, 0.05) is 35.2 Å². The fourth-order valence-electron chi connectivity index (χ4n) is 2.43. The first kappa shape index (κ1) is 20.6. The summed E-state index contributed by atoms with van der Waals surface area (Å²) >= 11 is 13.5. The summed E-state index contributed by atoms with van der Waals surface area (Å²) in [5.41, 5.74) is -0.00911. The lowest BCUT2D eigenvalue weighted by atomic mass is 9.91. The Balaban J connectivity index is 2.04. The summed E-state index contributed by atoms with van der Waals surface area (Å²) in [6, 6.07) is 8.67. The molecule has 0 N–H and O–H groups in total. The number of Topliss-reactive ketones (excluding diaryl/α,β-unsaturated/α-hetero) is 1. The normalized spacial score (nSPS) is 13.4. The number of hydrogen-bond donors (Lipinski definition) is 0. The highest BCUT2D eigenvalue weighted by atomic mass is 35.5. The van der Waals surface area contributed by atoms with Crippen LogP contribution in [0.25, 0.3) is 23.5 Å². The van der Waals surface area contributed by atoms with Crippen LogP contribution in [-0.4, -0.2) is 10.4 Å². The third-order valence-electron chi connectivity index (χ3n) is 4.15. The van der Waals surface area contributed by atoms with E-state index in [1.165, 1.54) is 22.0 Å². The average Bonchev–Trinajstić information content (AvgIpc) is 3.17. The highest BCUT2D eigenvalue weighted by molar-refractivity contribution is 7.07. The molecule has 0 amide bonds. The molecule has 2 aromatic heterocycles. The molecule has 0 bridgehead atoms. The van der Waals surface area contributed by atoms with Gasteiger partial charge < -0.3 is 8.98 Å². The molecular formula is C21H19Cl2NO3S. The van der Waals surface area contributed by atoms with Gasteiger partial charge in [-0.05, 0) is 30.3 Å². The van der Waals surface area contributed by atoms with E-state index in [-0.39, 0.29) is 11.3 Å². The second-order valence-electron chi connectivity index (χ2n) is 7.40.